The first-order valence-electron chi connectivity index (χ1n) is 12.3. The molecule has 2 amide bonds. The van der Waals surface area contributed by atoms with Gasteiger partial charge in [0.2, 0.25) is 5.91 Å². The highest BCUT2D eigenvalue weighted by Gasteiger charge is 2.41. The topological polar surface area (TPSA) is 114 Å². The molecule has 0 saturated carbocycles. The lowest BCUT2D eigenvalue weighted by Gasteiger charge is -2.38. The second-order valence-corrected chi connectivity index (χ2v) is 9.97. The van der Waals surface area contributed by atoms with Crippen molar-refractivity contribution in [2.75, 3.05) is 19.3 Å². The number of carbonyl (C=O) groups excluding carboxylic acids is 3. The molecule has 2 heterocycles. The molecule has 2 aromatic rings. The van der Waals surface area contributed by atoms with Crippen molar-refractivity contribution in [3.8, 4) is 0 Å². The molecule has 9 nitrogen and oxygen atoms in total. The van der Waals surface area contributed by atoms with Gasteiger partial charge in [-0.15, -0.1) is 11.8 Å². The zero-order valence-corrected chi connectivity index (χ0v) is 21.5. The molecule has 10 heteroatoms. The Morgan fingerprint density at radius 3 is 2.51 bits per heavy atom. The average Bonchev–Trinajstić information content (AvgIpc) is 3.43. The maximum absolute atomic E-state index is 12.9. The van der Waals surface area contributed by atoms with Crippen molar-refractivity contribution in [3.05, 3.63) is 71.8 Å². The van der Waals surface area contributed by atoms with Gasteiger partial charge in [0.25, 0.3) is 0 Å². The van der Waals surface area contributed by atoms with Crippen molar-refractivity contribution in [2.45, 2.75) is 55.7 Å². The highest BCUT2D eigenvalue weighted by Crippen LogP contribution is 2.29. The Bertz CT molecular complexity index is 1060. The largest absolute Gasteiger partial charge is 0.452 e. The van der Waals surface area contributed by atoms with Crippen LogP contribution in [0.4, 0.5) is 4.79 Å². The Labute approximate surface area is 220 Å². The molecule has 0 aromatic heterocycles. The number of likely N-dealkylation sites (tertiary alicyclic amines) is 1. The first kappa shape index (κ1) is 27.0. The summed E-state index contributed by atoms with van der Waals surface area (Å²) in [5, 5.41) is 13.6. The summed E-state index contributed by atoms with van der Waals surface area (Å²) in [6.07, 6.45) is 0.484. The molecule has 2 fully saturated rings. The highest BCUT2D eigenvalue weighted by atomic mass is 32.2. The van der Waals surface area contributed by atoms with Gasteiger partial charge in [-0.2, -0.15) is 0 Å². The average molecular weight is 529 g/mol. The summed E-state index contributed by atoms with van der Waals surface area (Å²) in [7, 11) is 0. The molecule has 2 N–H and O–H groups in total. The van der Waals surface area contributed by atoms with Gasteiger partial charge in [0, 0.05) is 19.5 Å². The number of esters is 1. The number of thioether (sulfide) groups is 1. The van der Waals surface area contributed by atoms with E-state index in [0.717, 1.165) is 5.56 Å². The minimum Gasteiger partial charge on any atom is -0.452 e. The van der Waals surface area contributed by atoms with Gasteiger partial charge in [0.1, 0.15) is 18.1 Å². The number of benzene rings is 2. The van der Waals surface area contributed by atoms with Crippen LogP contribution in [0.15, 0.2) is 60.7 Å². The monoisotopic (exact) mass is 528 g/mol. The Kier molecular flexibility index (Phi) is 9.43. The molecule has 0 spiro atoms. The molecule has 198 valence electrons. The summed E-state index contributed by atoms with van der Waals surface area (Å²) in [6, 6.07) is 17.3. The van der Waals surface area contributed by atoms with E-state index in [4.69, 9.17) is 14.2 Å². The lowest BCUT2D eigenvalue weighted by Crippen LogP contribution is -2.53. The zero-order valence-electron chi connectivity index (χ0n) is 20.7. The summed E-state index contributed by atoms with van der Waals surface area (Å²) < 4.78 is 17.0. The van der Waals surface area contributed by atoms with Crippen molar-refractivity contribution in [1.82, 2.24) is 10.2 Å². The SMILES string of the molecule is CS[C@H]1O[C@H](CNC(=O)C2CCCN2C(=O)OCc2ccccc2)C[C@H](O)[C@@H]1OC(=O)c1ccccc1. The van der Waals surface area contributed by atoms with E-state index in [1.165, 1.54) is 16.7 Å². The van der Waals surface area contributed by atoms with Crippen molar-refractivity contribution in [2.24, 2.45) is 0 Å². The fraction of sp³-hybridized carbons (Fsp3) is 0.444. The molecule has 5 atom stereocenters. The normalized spacial score (nSPS) is 25.4. The zero-order chi connectivity index (χ0) is 26.2. The number of aliphatic hydroxyl groups excluding tert-OH is 1. The standard InChI is InChI=1S/C27H32N2O7S/c1-37-26-23(36-25(32)19-11-6-3-7-12-19)22(30)15-20(35-26)16-28-24(31)21-13-8-14-29(21)27(33)34-17-18-9-4-2-5-10-18/h2-7,9-12,20-23,26,30H,8,13-17H2,1H3,(H,28,31)/t20-,21?,22-,23-,26+/m0/s1. The van der Waals surface area contributed by atoms with Crippen molar-refractivity contribution in [3.63, 3.8) is 0 Å². The van der Waals surface area contributed by atoms with Crippen LogP contribution in [0.3, 0.4) is 0 Å². The molecule has 2 saturated heterocycles. The number of hydrogen-bond donors (Lipinski definition) is 2. The molecular formula is C27H32N2O7S. The Hall–Kier alpha value is -3.08. The highest BCUT2D eigenvalue weighted by molar-refractivity contribution is 7.99. The smallest absolute Gasteiger partial charge is 0.410 e. The Morgan fingerprint density at radius 2 is 1.81 bits per heavy atom. The van der Waals surface area contributed by atoms with Gasteiger partial charge in [0.05, 0.1) is 17.8 Å². The van der Waals surface area contributed by atoms with Gasteiger partial charge < -0.3 is 24.6 Å². The van der Waals surface area contributed by atoms with E-state index in [-0.39, 0.29) is 25.5 Å². The second kappa shape index (κ2) is 12.9. The van der Waals surface area contributed by atoms with Crippen LogP contribution in [-0.4, -0.2) is 77.1 Å². The third-order valence-corrected chi connectivity index (χ3v) is 7.31. The molecule has 2 aromatic carbocycles. The molecule has 0 radical (unpaired) electrons. The molecule has 1 unspecified atom stereocenters. The van der Waals surface area contributed by atoms with E-state index in [1.54, 1.807) is 36.6 Å². The fourth-order valence-corrected chi connectivity index (χ4v) is 5.29. The van der Waals surface area contributed by atoms with Gasteiger partial charge in [-0.3, -0.25) is 9.69 Å². The Morgan fingerprint density at radius 1 is 1.11 bits per heavy atom. The number of carbonyl (C=O) groups is 3. The van der Waals surface area contributed by atoms with E-state index in [1.807, 2.05) is 30.3 Å². The fourth-order valence-electron chi connectivity index (χ4n) is 4.52. The molecule has 2 aliphatic heterocycles. The maximum Gasteiger partial charge on any atom is 0.410 e. The van der Waals surface area contributed by atoms with Gasteiger partial charge >= 0.3 is 12.1 Å². The molecule has 37 heavy (non-hydrogen) atoms. The number of nitrogens with one attached hydrogen (secondary N) is 1. The van der Waals surface area contributed by atoms with Crippen LogP contribution < -0.4 is 5.32 Å². The number of aliphatic hydroxyl groups is 1. The number of hydrogen-bond acceptors (Lipinski definition) is 8. The van der Waals surface area contributed by atoms with Crippen LogP contribution in [0.5, 0.6) is 0 Å². The summed E-state index contributed by atoms with van der Waals surface area (Å²) >= 11 is 1.32. The molecule has 0 aliphatic carbocycles. The second-order valence-electron chi connectivity index (χ2n) is 9.04. The van der Waals surface area contributed by atoms with E-state index < -0.39 is 41.9 Å². The number of ether oxygens (including phenoxy) is 3. The van der Waals surface area contributed by atoms with Crippen LogP contribution in [0, 0.1) is 0 Å². The minimum atomic E-state index is -0.947. The molecule has 0 bridgehead atoms. The van der Waals surface area contributed by atoms with Gasteiger partial charge in [-0.05, 0) is 36.8 Å². The van der Waals surface area contributed by atoms with E-state index >= 15 is 0 Å². The first-order valence-corrected chi connectivity index (χ1v) is 13.6. The van der Waals surface area contributed by atoms with Gasteiger partial charge in [0.15, 0.2) is 6.10 Å². The van der Waals surface area contributed by atoms with Crippen LogP contribution in [0.25, 0.3) is 0 Å². The number of amides is 2. The predicted octanol–water partition coefficient (Wildman–Crippen LogP) is 2.97. The van der Waals surface area contributed by atoms with Crippen molar-refractivity contribution < 1.29 is 33.7 Å². The lowest BCUT2D eigenvalue weighted by molar-refractivity contribution is -0.141. The number of rotatable bonds is 8. The lowest BCUT2D eigenvalue weighted by atomic mass is 10.0. The van der Waals surface area contributed by atoms with Crippen LogP contribution in [0.2, 0.25) is 0 Å². The predicted molar refractivity (Wildman–Crippen MR) is 138 cm³/mol. The summed E-state index contributed by atoms with van der Waals surface area (Å²) in [5.41, 5.74) is 0.682. The molecule has 4 rings (SSSR count). The van der Waals surface area contributed by atoms with Crippen LogP contribution >= 0.6 is 11.8 Å². The van der Waals surface area contributed by atoms with Crippen LogP contribution in [-0.2, 0) is 25.6 Å². The van der Waals surface area contributed by atoms with Gasteiger partial charge in [-0.25, -0.2) is 9.59 Å². The molecule has 2 aliphatic rings. The quantitative estimate of drug-likeness (QED) is 0.503. The minimum absolute atomic E-state index is 0.143. The Balaban J connectivity index is 1.27. The van der Waals surface area contributed by atoms with E-state index in [9.17, 15) is 19.5 Å². The van der Waals surface area contributed by atoms with Crippen molar-refractivity contribution in [1.29, 1.82) is 0 Å². The van der Waals surface area contributed by atoms with Gasteiger partial charge in [-0.1, -0.05) is 48.5 Å². The third-order valence-electron chi connectivity index (χ3n) is 6.46. The maximum atomic E-state index is 12.9. The van der Waals surface area contributed by atoms with Crippen molar-refractivity contribution >= 4 is 29.7 Å². The van der Waals surface area contributed by atoms with Crippen LogP contribution in [0.1, 0.15) is 35.2 Å². The summed E-state index contributed by atoms with van der Waals surface area (Å²) in [6.45, 7) is 0.757. The summed E-state index contributed by atoms with van der Waals surface area (Å²) in [4.78, 5) is 39.5. The third kappa shape index (κ3) is 7.03. The van der Waals surface area contributed by atoms with E-state index in [0.29, 0.717) is 24.9 Å². The molecular weight excluding hydrogens is 496 g/mol. The summed E-state index contributed by atoms with van der Waals surface area (Å²) in [5.74, 6) is -0.815. The van der Waals surface area contributed by atoms with E-state index in [2.05, 4.69) is 5.32 Å². The number of nitrogens with zero attached hydrogens (tertiary/aromatic N) is 1. The first-order chi connectivity index (χ1) is 18.0.